The van der Waals surface area contributed by atoms with Crippen molar-refractivity contribution in [3.63, 3.8) is 0 Å². The van der Waals surface area contributed by atoms with Gasteiger partial charge in [-0.25, -0.2) is 4.98 Å². The number of para-hydroxylation sites is 2. The van der Waals surface area contributed by atoms with Crippen molar-refractivity contribution in [2.45, 2.75) is 46.1 Å². The highest BCUT2D eigenvalue weighted by Crippen LogP contribution is 2.16. The van der Waals surface area contributed by atoms with E-state index in [0.29, 0.717) is 39.1 Å². The predicted octanol–water partition coefficient (Wildman–Crippen LogP) is 2.04. The molecule has 2 rings (SSSR count). The van der Waals surface area contributed by atoms with E-state index in [1.165, 1.54) is 0 Å². The van der Waals surface area contributed by atoms with Gasteiger partial charge >= 0.3 is 0 Å². The number of nitrogens with zero attached hydrogens (tertiary/aromatic N) is 2. The SMILES string of the molecule is CCCC(=O)NCCc1nc2ccccc2n1CC(=O)NCCCOCC. The lowest BCUT2D eigenvalue weighted by Crippen LogP contribution is -2.30. The van der Waals surface area contributed by atoms with E-state index in [1.54, 1.807) is 0 Å². The van der Waals surface area contributed by atoms with Gasteiger partial charge in [0.2, 0.25) is 11.8 Å². The molecule has 0 aliphatic heterocycles. The number of ether oxygens (including phenoxy) is 1. The molecule has 0 saturated heterocycles. The number of carbonyl (C=O) groups is 2. The Morgan fingerprint density at radius 2 is 1.89 bits per heavy atom. The van der Waals surface area contributed by atoms with Crippen LogP contribution >= 0.6 is 0 Å². The van der Waals surface area contributed by atoms with Gasteiger partial charge in [0.1, 0.15) is 12.4 Å². The van der Waals surface area contributed by atoms with Gasteiger partial charge in [-0.2, -0.15) is 0 Å². The zero-order chi connectivity index (χ0) is 19.5. The third-order valence-electron chi connectivity index (χ3n) is 4.17. The Balaban J connectivity index is 1.98. The molecule has 148 valence electrons. The molecule has 7 heteroatoms. The van der Waals surface area contributed by atoms with Crippen molar-refractivity contribution >= 4 is 22.8 Å². The highest BCUT2D eigenvalue weighted by atomic mass is 16.5. The molecule has 1 aromatic heterocycles. The molecule has 2 amide bonds. The highest BCUT2D eigenvalue weighted by molar-refractivity contribution is 5.81. The molecule has 0 unspecified atom stereocenters. The first-order chi connectivity index (χ1) is 13.2. The van der Waals surface area contributed by atoms with E-state index in [2.05, 4.69) is 15.6 Å². The Morgan fingerprint density at radius 1 is 1.11 bits per heavy atom. The van der Waals surface area contributed by atoms with Crippen LogP contribution in [0.4, 0.5) is 0 Å². The van der Waals surface area contributed by atoms with Gasteiger partial charge in [0.15, 0.2) is 0 Å². The number of carbonyl (C=O) groups excluding carboxylic acids is 2. The van der Waals surface area contributed by atoms with E-state index in [4.69, 9.17) is 4.74 Å². The maximum absolute atomic E-state index is 12.3. The summed E-state index contributed by atoms with van der Waals surface area (Å²) < 4.78 is 7.21. The Morgan fingerprint density at radius 3 is 2.67 bits per heavy atom. The predicted molar refractivity (Wildman–Crippen MR) is 105 cm³/mol. The lowest BCUT2D eigenvalue weighted by atomic mass is 10.3. The molecule has 0 spiro atoms. The van der Waals surface area contributed by atoms with Gasteiger partial charge in [0.05, 0.1) is 11.0 Å². The summed E-state index contributed by atoms with van der Waals surface area (Å²) in [5, 5.41) is 5.83. The van der Waals surface area contributed by atoms with E-state index in [-0.39, 0.29) is 18.4 Å². The van der Waals surface area contributed by atoms with E-state index in [1.807, 2.05) is 42.7 Å². The third-order valence-corrected chi connectivity index (χ3v) is 4.17. The minimum absolute atomic E-state index is 0.0483. The fourth-order valence-corrected chi connectivity index (χ4v) is 2.87. The molecule has 7 nitrogen and oxygen atoms in total. The number of aromatic nitrogens is 2. The molecule has 1 heterocycles. The molecule has 27 heavy (non-hydrogen) atoms. The zero-order valence-corrected chi connectivity index (χ0v) is 16.3. The van der Waals surface area contributed by atoms with Gasteiger partial charge in [-0.05, 0) is 31.9 Å². The van der Waals surface area contributed by atoms with Crippen LogP contribution in [-0.2, 0) is 27.3 Å². The molecule has 0 aliphatic carbocycles. The summed E-state index contributed by atoms with van der Waals surface area (Å²) in [5.74, 6) is 0.801. The van der Waals surface area contributed by atoms with Crippen LogP contribution in [0.15, 0.2) is 24.3 Å². The maximum atomic E-state index is 12.3. The second kappa shape index (κ2) is 11.3. The van der Waals surface area contributed by atoms with Gasteiger partial charge in [0.25, 0.3) is 0 Å². The molecular formula is C20H30N4O3. The van der Waals surface area contributed by atoms with Gasteiger partial charge in [-0.3, -0.25) is 9.59 Å². The van der Waals surface area contributed by atoms with Crippen molar-refractivity contribution in [3.05, 3.63) is 30.1 Å². The number of imidazole rings is 1. The Bertz CT molecular complexity index is 742. The molecular weight excluding hydrogens is 344 g/mol. The number of amides is 2. The van der Waals surface area contributed by atoms with Gasteiger partial charge in [-0.15, -0.1) is 0 Å². The third kappa shape index (κ3) is 6.67. The lowest BCUT2D eigenvalue weighted by Gasteiger charge is -2.11. The Kier molecular flexibility index (Phi) is 8.77. The molecule has 1 aromatic carbocycles. The second-order valence-electron chi connectivity index (χ2n) is 6.35. The van der Waals surface area contributed by atoms with Crippen LogP contribution in [0.1, 0.15) is 38.9 Å². The summed E-state index contributed by atoms with van der Waals surface area (Å²) >= 11 is 0. The first-order valence-corrected chi connectivity index (χ1v) is 9.71. The molecule has 2 aromatic rings. The summed E-state index contributed by atoms with van der Waals surface area (Å²) in [6.07, 6.45) is 2.73. The number of benzene rings is 1. The molecule has 0 atom stereocenters. The van der Waals surface area contributed by atoms with Crippen LogP contribution in [0, 0.1) is 0 Å². The zero-order valence-electron chi connectivity index (χ0n) is 16.3. The fourth-order valence-electron chi connectivity index (χ4n) is 2.87. The normalized spacial score (nSPS) is 10.9. The number of fused-ring (bicyclic) bond motifs is 1. The summed E-state index contributed by atoms with van der Waals surface area (Å²) in [7, 11) is 0. The average molecular weight is 374 g/mol. The smallest absolute Gasteiger partial charge is 0.240 e. The minimum atomic E-state index is -0.0501. The molecule has 0 aliphatic rings. The van der Waals surface area contributed by atoms with Crippen LogP contribution in [0.3, 0.4) is 0 Å². The van der Waals surface area contributed by atoms with Crippen LogP contribution < -0.4 is 10.6 Å². The lowest BCUT2D eigenvalue weighted by molar-refractivity contribution is -0.122. The van der Waals surface area contributed by atoms with Crippen LogP contribution in [0.25, 0.3) is 11.0 Å². The standard InChI is InChI=1S/C20H30N4O3/c1-3-8-19(25)22-13-11-18-23-16-9-5-6-10-17(16)24(18)15-20(26)21-12-7-14-27-4-2/h5-6,9-10H,3-4,7-8,11-15H2,1-2H3,(H,21,26)(H,22,25). The van der Waals surface area contributed by atoms with Gasteiger partial charge in [-0.1, -0.05) is 19.1 Å². The van der Waals surface area contributed by atoms with Crippen molar-refractivity contribution in [2.75, 3.05) is 26.3 Å². The monoisotopic (exact) mass is 374 g/mol. The van der Waals surface area contributed by atoms with Crippen LogP contribution in [0.2, 0.25) is 0 Å². The Hall–Kier alpha value is -2.41. The van der Waals surface area contributed by atoms with Crippen molar-refractivity contribution in [1.29, 1.82) is 0 Å². The number of hydrogen-bond donors (Lipinski definition) is 2. The van der Waals surface area contributed by atoms with E-state index in [0.717, 1.165) is 29.7 Å². The summed E-state index contributed by atoms with van der Waals surface area (Å²) in [6.45, 7) is 6.58. The van der Waals surface area contributed by atoms with Crippen molar-refractivity contribution in [2.24, 2.45) is 0 Å². The quantitative estimate of drug-likeness (QED) is 0.557. The average Bonchev–Trinajstić information content (AvgIpc) is 2.99. The number of nitrogens with one attached hydrogen (secondary N) is 2. The topological polar surface area (TPSA) is 85.2 Å². The van der Waals surface area contributed by atoms with E-state index >= 15 is 0 Å². The second-order valence-corrected chi connectivity index (χ2v) is 6.35. The summed E-state index contributed by atoms with van der Waals surface area (Å²) in [6, 6.07) is 7.77. The minimum Gasteiger partial charge on any atom is -0.382 e. The molecule has 0 saturated carbocycles. The highest BCUT2D eigenvalue weighted by Gasteiger charge is 2.13. The van der Waals surface area contributed by atoms with Gasteiger partial charge in [0, 0.05) is 39.1 Å². The fraction of sp³-hybridized carbons (Fsp3) is 0.550. The largest absolute Gasteiger partial charge is 0.382 e. The van der Waals surface area contributed by atoms with Crippen LogP contribution in [-0.4, -0.2) is 47.7 Å². The summed E-state index contributed by atoms with van der Waals surface area (Å²) in [5.41, 5.74) is 1.79. The maximum Gasteiger partial charge on any atom is 0.240 e. The first-order valence-electron chi connectivity index (χ1n) is 9.71. The van der Waals surface area contributed by atoms with Crippen molar-refractivity contribution in [1.82, 2.24) is 20.2 Å². The summed E-state index contributed by atoms with van der Waals surface area (Å²) in [4.78, 5) is 28.6. The first kappa shape index (κ1) is 20.9. The molecule has 0 radical (unpaired) electrons. The Labute approximate surface area is 160 Å². The van der Waals surface area contributed by atoms with Crippen molar-refractivity contribution < 1.29 is 14.3 Å². The number of rotatable bonds is 12. The van der Waals surface area contributed by atoms with E-state index in [9.17, 15) is 9.59 Å². The van der Waals surface area contributed by atoms with Gasteiger partial charge < -0.3 is 19.9 Å². The van der Waals surface area contributed by atoms with Crippen molar-refractivity contribution in [3.8, 4) is 0 Å². The van der Waals surface area contributed by atoms with E-state index < -0.39 is 0 Å². The molecule has 2 N–H and O–H groups in total. The number of hydrogen-bond acceptors (Lipinski definition) is 4. The molecule has 0 fully saturated rings. The van der Waals surface area contributed by atoms with Crippen LogP contribution in [0.5, 0.6) is 0 Å². The molecule has 0 bridgehead atoms.